The van der Waals surface area contributed by atoms with Gasteiger partial charge in [0.15, 0.2) is 0 Å². The Morgan fingerprint density at radius 2 is 2.08 bits per heavy atom. The van der Waals surface area contributed by atoms with Crippen LogP contribution in [-0.4, -0.2) is 6.23 Å². The number of aryl methyl sites for hydroxylation is 1. The molecule has 0 saturated carbocycles. The molecule has 1 unspecified atom stereocenters. The van der Waals surface area contributed by atoms with E-state index in [2.05, 4.69) is 6.07 Å². The molecule has 1 aromatic rings. The van der Waals surface area contributed by atoms with Crippen molar-refractivity contribution < 1.29 is 4.74 Å². The van der Waals surface area contributed by atoms with Gasteiger partial charge in [-0.2, -0.15) is 0 Å². The smallest absolute Gasteiger partial charge is 0.148 e. The molecule has 0 bridgehead atoms. The maximum atomic E-state index is 5.63. The van der Waals surface area contributed by atoms with Crippen molar-refractivity contribution >= 4 is 12.4 Å². The molecule has 1 aliphatic heterocycles. The van der Waals surface area contributed by atoms with Crippen LogP contribution >= 0.6 is 12.4 Å². The van der Waals surface area contributed by atoms with Crippen LogP contribution in [0.4, 0.5) is 0 Å². The summed E-state index contributed by atoms with van der Waals surface area (Å²) in [5.41, 5.74) is 6.90. The van der Waals surface area contributed by atoms with E-state index in [4.69, 9.17) is 10.5 Å². The minimum atomic E-state index is -0.107. The Morgan fingerprint density at radius 1 is 1.33 bits per heavy atom. The summed E-state index contributed by atoms with van der Waals surface area (Å²) in [5.74, 6) is 0.950. The molecule has 2 N–H and O–H groups in total. The summed E-state index contributed by atoms with van der Waals surface area (Å²) >= 11 is 0. The van der Waals surface area contributed by atoms with E-state index < -0.39 is 0 Å². The molecule has 0 aromatic heterocycles. The van der Waals surface area contributed by atoms with Crippen LogP contribution in [0.3, 0.4) is 0 Å². The summed E-state index contributed by atoms with van der Waals surface area (Å²) in [6.07, 6.45) is 1.86. The molecule has 0 amide bonds. The highest BCUT2D eigenvalue weighted by atomic mass is 35.5. The maximum absolute atomic E-state index is 5.63. The van der Waals surface area contributed by atoms with Crippen LogP contribution in [-0.2, 0) is 6.42 Å². The summed E-state index contributed by atoms with van der Waals surface area (Å²) in [5, 5.41) is 0. The zero-order valence-corrected chi connectivity index (χ0v) is 7.51. The van der Waals surface area contributed by atoms with E-state index in [-0.39, 0.29) is 18.6 Å². The molecular formula is C9H12ClNO. The van der Waals surface area contributed by atoms with Gasteiger partial charge < -0.3 is 4.74 Å². The fraction of sp³-hybridized carbons (Fsp3) is 0.333. The van der Waals surface area contributed by atoms with Crippen LogP contribution in [0.25, 0.3) is 0 Å². The SMILES string of the molecule is Cl.NC1CCc2ccccc2O1. The predicted molar refractivity (Wildman–Crippen MR) is 50.6 cm³/mol. The molecule has 66 valence electrons. The van der Waals surface area contributed by atoms with Gasteiger partial charge in [-0.3, -0.25) is 5.73 Å². The first kappa shape index (κ1) is 9.36. The largest absolute Gasteiger partial charge is 0.475 e. The van der Waals surface area contributed by atoms with Gasteiger partial charge in [0.1, 0.15) is 12.0 Å². The lowest BCUT2D eigenvalue weighted by Gasteiger charge is -2.22. The highest BCUT2D eigenvalue weighted by Gasteiger charge is 2.14. The Kier molecular flexibility index (Phi) is 2.95. The topological polar surface area (TPSA) is 35.2 Å². The van der Waals surface area contributed by atoms with Crippen LogP contribution in [0, 0.1) is 0 Å². The van der Waals surface area contributed by atoms with Gasteiger partial charge in [-0.1, -0.05) is 18.2 Å². The van der Waals surface area contributed by atoms with Gasteiger partial charge >= 0.3 is 0 Å². The fourth-order valence-electron chi connectivity index (χ4n) is 1.35. The van der Waals surface area contributed by atoms with E-state index in [0.717, 1.165) is 18.6 Å². The number of nitrogens with two attached hydrogens (primary N) is 1. The van der Waals surface area contributed by atoms with Crippen LogP contribution in [0.5, 0.6) is 5.75 Å². The van der Waals surface area contributed by atoms with E-state index in [1.54, 1.807) is 0 Å². The second-order valence-corrected chi connectivity index (χ2v) is 2.80. The van der Waals surface area contributed by atoms with E-state index in [1.165, 1.54) is 5.56 Å². The molecule has 0 radical (unpaired) electrons. The van der Waals surface area contributed by atoms with Crippen LogP contribution in [0.2, 0.25) is 0 Å². The Labute approximate surface area is 78.1 Å². The molecule has 1 atom stereocenters. The molecule has 0 aliphatic carbocycles. The van der Waals surface area contributed by atoms with Gasteiger partial charge in [0.2, 0.25) is 0 Å². The van der Waals surface area contributed by atoms with Gasteiger partial charge in [-0.05, 0) is 18.1 Å². The summed E-state index contributed by atoms with van der Waals surface area (Å²) in [7, 11) is 0. The van der Waals surface area contributed by atoms with Crippen molar-refractivity contribution in [2.75, 3.05) is 0 Å². The average Bonchev–Trinajstić information content (AvgIpc) is 2.04. The van der Waals surface area contributed by atoms with Crippen molar-refractivity contribution in [2.45, 2.75) is 19.1 Å². The number of para-hydroxylation sites is 1. The minimum absolute atomic E-state index is 0. The molecule has 1 heterocycles. The highest BCUT2D eigenvalue weighted by Crippen LogP contribution is 2.24. The van der Waals surface area contributed by atoms with Crippen molar-refractivity contribution in [3.05, 3.63) is 29.8 Å². The number of benzene rings is 1. The number of hydrogen-bond donors (Lipinski definition) is 1. The monoisotopic (exact) mass is 185 g/mol. The average molecular weight is 186 g/mol. The lowest BCUT2D eigenvalue weighted by Crippen LogP contribution is -2.30. The van der Waals surface area contributed by atoms with E-state index in [0.29, 0.717) is 0 Å². The van der Waals surface area contributed by atoms with Gasteiger partial charge in [0.25, 0.3) is 0 Å². The Hall–Kier alpha value is -0.730. The van der Waals surface area contributed by atoms with Crippen molar-refractivity contribution in [3.63, 3.8) is 0 Å². The van der Waals surface area contributed by atoms with Gasteiger partial charge in [-0.15, -0.1) is 12.4 Å². The number of hydrogen-bond acceptors (Lipinski definition) is 2. The molecular weight excluding hydrogens is 174 g/mol. The molecule has 1 aromatic carbocycles. The van der Waals surface area contributed by atoms with Gasteiger partial charge in [-0.25, -0.2) is 0 Å². The molecule has 1 aliphatic rings. The van der Waals surface area contributed by atoms with Crippen LogP contribution in [0.15, 0.2) is 24.3 Å². The highest BCUT2D eigenvalue weighted by molar-refractivity contribution is 5.85. The first-order valence-electron chi connectivity index (χ1n) is 3.86. The normalized spacial score (nSPS) is 20.2. The van der Waals surface area contributed by atoms with Crippen molar-refractivity contribution in [3.8, 4) is 5.75 Å². The zero-order valence-electron chi connectivity index (χ0n) is 6.69. The molecule has 2 nitrogen and oxygen atoms in total. The summed E-state index contributed by atoms with van der Waals surface area (Å²) < 4.78 is 5.41. The predicted octanol–water partition coefficient (Wildman–Crippen LogP) is 1.72. The summed E-state index contributed by atoms with van der Waals surface area (Å²) in [6.45, 7) is 0. The number of rotatable bonds is 0. The van der Waals surface area contributed by atoms with E-state index >= 15 is 0 Å². The molecule has 0 spiro atoms. The van der Waals surface area contributed by atoms with E-state index in [1.807, 2.05) is 18.2 Å². The first-order valence-corrected chi connectivity index (χ1v) is 3.86. The lowest BCUT2D eigenvalue weighted by molar-refractivity contribution is 0.181. The molecule has 12 heavy (non-hydrogen) atoms. The number of halogens is 1. The van der Waals surface area contributed by atoms with Crippen molar-refractivity contribution in [1.29, 1.82) is 0 Å². The third-order valence-corrected chi connectivity index (χ3v) is 1.95. The lowest BCUT2D eigenvalue weighted by atomic mass is 10.1. The Morgan fingerprint density at radius 3 is 2.92 bits per heavy atom. The van der Waals surface area contributed by atoms with Crippen LogP contribution in [0.1, 0.15) is 12.0 Å². The van der Waals surface area contributed by atoms with Gasteiger partial charge in [0, 0.05) is 6.42 Å². The number of fused-ring (bicyclic) bond motifs is 1. The third kappa shape index (κ3) is 1.71. The van der Waals surface area contributed by atoms with Crippen LogP contribution < -0.4 is 10.5 Å². The standard InChI is InChI=1S/C9H11NO.ClH/c10-9-6-5-7-3-1-2-4-8(7)11-9;/h1-4,9H,5-6,10H2;1H. The molecule has 3 heteroatoms. The Balaban J connectivity index is 0.000000720. The third-order valence-electron chi connectivity index (χ3n) is 1.95. The number of ether oxygens (including phenoxy) is 1. The maximum Gasteiger partial charge on any atom is 0.148 e. The van der Waals surface area contributed by atoms with E-state index in [9.17, 15) is 0 Å². The Bertz CT molecular complexity index is 264. The first-order chi connectivity index (χ1) is 5.36. The van der Waals surface area contributed by atoms with Gasteiger partial charge in [0.05, 0.1) is 0 Å². The molecule has 2 rings (SSSR count). The second kappa shape index (κ2) is 3.78. The quantitative estimate of drug-likeness (QED) is 0.668. The molecule has 0 fully saturated rings. The zero-order chi connectivity index (χ0) is 7.68. The second-order valence-electron chi connectivity index (χ2n) is 2.80. The fourth-order valence-corrected chi connectivity index (χ4v) is 1.35. The summed E-state index contributed by atoms with van der Waals surface area (Å²) in [6, 6.07) is 8.05. The minimum Gasteiger partial charge on any atom is -0.475 e. The van der Waals surface area contributed by atoms with Crippen molar-refractivity contribution in [1.82, 2.24) is 0 Å². The van der Waals surface area contributed by atoms with Crippen molar-refractivity contribution in [2.24, 2.45) is 5.73 Å². The molecule has 0 saturated heterocycles. The summed E-state index contributed by atoms with van der Waals surface area (Å²) in [4.78, 5) is 0.